The van der Waals surface area contributed by atoms with Crippen LogP contribution in [0.3, 0.4) is 0 Å². The quantitative estimate of drug-likeness (QED) is 0.367. The molecule has 4 atom stereocenters. The minimum absolute atomic E-state index is 0.0548. The largest absolute Gasteiger partial charge is 0.483 e. The fourth-order valence-electron chi connectivity index (χ4n) is 6.03. The van der Waals surface area contributed by atoms with Crippen molar-refractivity contribution in [1.29, 1.82) is 0 Å². The highest BCUT2D eigenvalue weighted by Crippen LogP contribution is 2.47. The molecular weight excluding hydrogens is 433 g/mol. The van der Waals surface area contributed by atoms with E-state index in [-0.39, 0.29) is 17.7 Å². The van der Waals surface area contributed by atoms with Crippen molar-refractivity contribution >= 4 is 0 Å². The second-order valence-electron chi connectivity index (χ2n) is 10.2. The van der Waals surface area contributed by atoms with Gasteiger partial charge < -0.3 is 4.74 Å². The number of ether oxygens (including phenoxy) is 1. The minimum atomic E-state index is -0.834. The third-order valence-corrected chi connectivity index (χ3v) is 7.88. The second-order valence-corrected chi connectivity index (χ2v) is 10.2. The molecule has 0 amide bonds. The number of rotatable bonds is 5. The van der Waals surface area contributed by atoms with Crippen molar-refractivity contribution in [3.63, 3.8) is 0 Å². The van der Waals surface area contributed by atoms with E-state index < -0.39 is 23.2 Å². The molecule has 2 saturated carbocycles. The molecule has 3 aromatic carbocycles. The summed E-state index contributed by atoms with van der Waals surface area (Å²) in [4.78, 5) is 0. The van der Waals surface area contributed by atoms with Gasteiger partial charge in [-0.2, -0.15) is 0 Å². The average molecular weight is 465 g/mol. The number of halogens is 3. The predicted octanol–water partition coefficient (Wildman–Crippen LogP) is 8.67. The molecule has 0 aliphatic heterocycles. The molecular formula is C30H31F3O. The van der Waals surface area contributed by atoms with Crippen LogP contribution in [0.1, 0.15) is 62.5 Å². The van der Waals surface area contributed by atoms with Crippen LogP contribution in [0.2, 0.25) is 0 Å². The Labute approximate surface area is 200 Å². The van der Waals surface area contributed by atoms with Crippen molar-refractivity contribution in [3.8, 4) is 16.9 Å². The number of hydrogen-bond acceptors (Lipinski definition) is 1. The summed E-state index contributed by atoms with van der Waals surface area (Å²) in [5.41, 5.74) is 2.19. The monoisotopic (exact) mass is 464 g/mol. The maximum Gasteiger partial charge on any atom is 0.191 e. The zero-order valence-corrected chi connectivity index (χ0v) is 19.6. The summed E-state index contributed by atoms with van der Waals surface area (Å²) in [6.07, 6.45) is 7.32. The van der Waals surface area contributed by atoms with Gasteiger partial charge in [-0.25, -0.2) is 13.2 Å². The molecule has 178 valence electrons. The number of fused-ring (bicyclic) bond motifs is 1. The van der Waals surface area contributed by atoms with Gasteiger partial charge in [-0.15, -0.1) is 0 Å². The Kier molecular flexibility index (Phi) is 6.67. The van der Waals surface area contributed by atoms with Crippen LogP contribution in [0.25, 0.3) is 11.1 Å². The SMILES string of the molecule is CC1CCC2CC(c3ccc(-c4cc(F)c(OCc5ccccc5)c(F)c4)c(F)c3)CCC2C1. The summed E-state index contributed by atoms with van der Waals surface area (Å²) in [6.45, 7) is 2.41. The molecule has 0 saturated heterocycles. The molecule has 0 spiro atoms. The summed E-state index contributed by atoms with van der Waals surface area (Å²) in [7, 11) is 0. The van der Waals surface area contributed by atoms with Gasteiger partial charge >= 0.3 is 0 Å². The Morgan fingerprint density at radius 3 is 2.21 bits per heavy atom. The topological polar surface area (TPSA) is 9.23 Å². The van der Waals surface area contributed by atoms with Gasteiger partial charge in [0.25, 0.3) is 0 Å². The number of benzene rings is 3. The summed E-state index contributed by atoms with van der Waals surface area (Å²) >= 11 is 0. The van der Waals surface area contributed by atoms with Crippen LogP contribution < -0.4 is 4.74 Å². The predicted molar refractivity (Wildman–Crippen MR) is 129 cm³/mol. The smallest absolute Gasteiger partial charge is 0.191 e. The first kappa shape index (κ1) is 23.0. The molecule has 1 nitrogen and oxygen atoms in total. The summed E-state index contributed by atoms with van der Waals surface area (Å²) < 4.78 is 49.9. The van der Waals surface area contributed by atoms with Crippen LogP contribution >= 0.6 is 0 Å². The molecule has 4 unspecified atom stereocenters. The molecule has 3 aromatic rings. The second kappa shape index (κ2) is 9.85. The van der Waals surface area contributed by atoms with Crippen LogP contribution in [0, 0.1) is 35.2 Å². The Bertz CT molecular complexity index is 1120. The molecule has 2 fully saturated rings. The third-order valence-electron chi connectivity index (χ3n) is 7.88. The van der Waals surface area contributed by atoms with E-state index in [0.29, 0.717) is 5.92 Å². The van der Waals surface area contributed by atoms with Crippen molar-refractivity contribution in [2.24, 2.45) is 17.8 Å². The zero-order chi connectivity index (χ0) is 23.7. The maximum absolute atomic E-state index is 15.1. The molecule has 34 heavy (non-hydrogen) atoms. The molecule has 0 bridgehead atoms. The molecule has 0 N–H and O–H groups in total. The van der Waals surface area contributed by atoms with Gasteiger partial charge in [0.05, 0.1) is 0 Å². The van der Waals surface area contributed by atoms with Gasteiger partial charge in [0.15, 0.2) is 17.4 Å². The lowest BCUT2D eigenvalue weighted by Crippen LogP contribution is -2.29. The normalized spacial score (nSPS) is 24.5. The van der Waals surface area contributed by atoms with E-state index in [1.165, 1.54) is 25.7 Å². The van der Waals surface area contributed by atoms with E-state index in [9.17, 15) is 8.78 Å². The van der Waals surface area contributed by atoms with E-state index in [0.717, 1.165) is 53.9 Å². The van der Waals surface area contributed by atoms with E-state index in [4.69, 9.17) is 4.74 Å². The Balaban J connectivity index is 1.31. The van der Waals surface area contributed by atoms with Crippen LogP contribution in [0.15, 0.2) is 60.7 Å². The highest BCUT2D eigenvalue weighted by Gasteiger charge is 2.35. The fourth-order valence-corrected chi connectivity index (χ4v) is 6.03. The van der Waals surface area contributed by atoms with Crippen molar-refractivity contribution in [3.05, 3.63) is 89.2 Å². The van der Waals surface area contributed by atoms with Crippen molar-refractivity contribution < 1.29 is 17.9 Å². The Morgan fingerprint density at radius 1 is 0.765 bits per heavy atom. The van der Waals surface area contributed by atoms with Crippen molar-refractivity contribution in [2.45, 2.75) is 58.0 Å². The average Bonchev–Trinajstić information content (AvgIpc) is 2.83. The van der Waals surface area contributed by atoms with Crippen LogP contribution in [-0.2, 0) is 6.61 Å². The molecule has 2 aliphatic carbocycles. The Hall–Kier alpha value is -2.75. The van der Waals surface area contributed by atoms with E-state index in [1.807, 2.05) is 36.4 Å². The van der Waals surface area contributed by atoms with Crippen LogP contribution in [0.5, 0.6) is 5.75 Å². The van der Waals surface area contributed by atoms with Gasteiger partial charge in [0, 0.05) is 5.56 Å². The molecule has 5 rings (SSSR count). The molecule has 0 radical (unpaired) electrons. The lowest BCUT2D eigenvalue weighted by atomic mass is 9.64. The molecule has 0 heterocycles. The molecule has 0 aromatic heterocycles. The van der Waals surface area contributed by atoms with Gasteiger partial charge in [0.2, 0.25) is 0 Å². The standard InChI is InChI=1S/C30H31F3O/c1-19-7-8-22-14-23(10-9-21(22)13-19)24-11-12-26(27(31)15-24)25-16-28(32)30(29(33)17-25)34-18-20-5-3-2-4-6-20/h2-6,11-12,15-17,19,21-23H,7-10,13-14,18H2,1H3. The highest BCUT2D eigenvalue weighted by atomic mass is 19.1. The van der Waals surface area contributed by atoms with E-state index in [2.05, 4.69) is 6.92 Å². The minimum Gasteiger partial charge on any atom is -0.483 e. The van der Waals surface area contributed by atoms with Crippen molar-refractivity contribution in [2.75, 3.05) is 0 Å². The molecule has 4 heteroatoms. The first-order valence-electron chi connectivity index (χ1n) is 12.4. The fraction of sp³-hybridized carbons (Fsp3) is 0.400. The van der Waals surface area contributed by atoms with Gasteiger partial charge in [0.1, 0.15) is 12.4 Å². The Morgan fingerprint density at radius 2 is 1.47 bits per heavy atom. The number of hydrogen-bond donors (Lipinski definition) is 0. The molecule has 2 aliphatic rings. The van der Waals surface area contributed by atoms with E-state index >= 15 is 4.39 Å². The lowest BCUT2D eigenvalue weighted by molar-refractivity contribution is 0.124. The van der Waals surface area contributed by atoms with Crippen molar-refractivity contribution in [1.82, 2.24) is 0 Å². The van der Waals surface area contributed by atoms with Gasteiger partial charge in [-0.3, -0.25) is 0 Å². The maximum atomic E-state index is 15.1. The third kappa shape index (κ3) is 4.87. The van der Waals surface area contributed by atoms with Crippen LogP contribution in [-0.4, -0.2) is 0 Å². The highest BCUT2D eigenvalue weighted by molar-refractivity contribution is 5.66. The summed E-state index contributed by atoms with van der Waals surface area (Å²) in [5, 5.41) is 0. The van der Waals surface area contributed by atoms with Crippen LogP contribution in [0.4, 0.5) is 13.2 Å². The van der Waals surface area contributed by atoms with Gasteiger partial charge in [-0.05, 0) is 90.7 Å². The first-order chi connectivity index (χ1) is 16.5. The summed E-state index contributed by atoms with van der Waals surface area (Å²) in [6, 6.07) is 16.6. The summed E-state index contributed by atoms with van der Waals surface area (Å²) in [5.74, 6) is 0.197. The van der Waals surface area contributed by atoms with E-state index in [1.54, 1.807) is 12.1 Å². The first-order valence-corrected chi connectivity index (χ1v) is 12.4. The van der Waals surface area contributed by atoms with Gasteiger partial charge in [-0.1, -0.05) is 55.8 Å². The lowest BCUT2D eigenvalue weighted by Gasteiger charge is -2.41. The zero-order valence-electron chi connectivity index (χ0n) is 19.6.